The van der Waals surface area contributed by atoms with E-state index in [9.17, 15) is 5.11 Å². The molecular weight excluding hydrogens is 236 g/mol. The fourth-order valence-electron chi connectivity index (χ4n) is 1.44. The van der Waals surface area contributed by atoms with Crippen molar-refractivity contribution in [2.75, 3.05) is 5.32 Å². The van der Waals surface area contributed by atoms with E-state index in [1.54, 1.807) is 24.3 Å². The summed E-state index contributed by atoms with van der Waals surface area (Å²) in [5, 5.41) is 21.9. The number of benzene rings is 2. The van der Waals surface area contributed by atoms with E-state index in [2.05, 4.69) is 5.32 Å². The first-order valence-corrected chi connectivity index (χ1v) is 5.32. The van der Waals surface area contributed by atoms with Crippen molar-refractivity contribution in [2.45, 2.75) is 0 Å². The van der Waals surface area contributed by atoms with Crippen LogP contribution in [0.1, 0.15) is 5.56 Å². The maximum absolute atomic E-state index is 9.37. The fraction of sp³-hybridized carbons (Fsp3) is 0. The van der Waals surface area contributed by atoms with Crippen LogP contribution < -0.4 is 5.32 Å². The molecule has 0 aliphatic carbocycles. The Bertz CT molecular complexity index is 590. The summed E-state index contributed by atoms with van der Waals surface area (Å²) >= 11 is 5.86. The summed E-state index contributed by atoms with van der Waals surface area (Å²) in [5.74, 6) is -0.0239. The third-order valence-electron chi connectivity index (χ3n) is 2.23. The van der Waals surface area contributed by atoms with E-state index in [-0.39, 0.29) is 11.3 Å². The van der Waals surface area contributed by atoms with Crippen molar-refractivity contribution in [2.24, 2.45) is 0 Å². The fourth-order valence-corrected chi connectivity index (χ4v) is 1.63. The molecule has 2 aromatic rings. The summed E-state index contributed by atoms with van der Waals surface area (Å²) < 4.78 is 0. The molecule has 0 saturated carbocycles. The topological polar surface area (TPSA) is 56.0 Å². The van der Waals surface area contributed by atoms with Gasteiger partial charge < -0.3 is 10.4 Å². The van der Waals surface area contributed by atoms with Gasteiger partial charge >= 0.3 is 0 Å². The smallest absolute Gasteiger partial charge is 0.133 e. The van der Waals surface area contributed by atoms with Gasteiger partial charge in [-0.2, -0.15) is 5.26 Å². The second kappa shape index (κ2) is 4.77. The minimum absolute atomic E-state index is 0.0239. The number of nitriles is 1. The van der Waals surface area contributed by atoms with Crippen molar-refractivity contribution in [1.29, 1.82) is 5.26 Å². The molecule has 0 unspecified atom stereocenters. The van der Waals surface area contributed by atoms with Gasteiger partial charge in [-0.05, 0) is 36.4 Å². The molecule has 0 amide bonds. The zero-order chi connectivity index (χ0) is 12.3. The Morgan fingerprint density at radius 2 is 1.88 bits per heavy atom. The monoisotopic (exact) mass is 244 g/mol. The average Bonchev–Trinajstić information content (AvgIpc) is 2.32. The van der Waals surface area contributed by atoms with Crippen LogP contribution in [0.25, 0.3) is 0 Å². The predicted molar refractivity (Wildman–Crippen MR) is 67.6 cm³/mol. The van der Waals surface area contributed by atoms with Crippen molar-refractivity contribution in [3.63, 3.8) is 0 Å². The van der Waals surface area contributed by atoms with Gasteiger partial charge in [0.05, 0.1) is 5.56 Å². The number of phenolic OH excluding ortho intramolecular Hbond substituents is 1. The van der Waals surface area contributed by atoms with Crippen LogP contribution in [0.2, 0.25) is 5.02 Å². The largest absolute Gasteiger partial charge is 0.507 e. The van der Waals surface area contributed by atoms with Crippen molar-refractivity contribution in [3.8, 4) is 11.8 Å². The van der Waals surface area contributed by atoms with Crippen LogP contribution in [0, 0.1) is 11.3 Å². The molecule has 17 heavy (non-hydrogen) atoms. The molecular formula is C13H9ClN2O. The standard InChI is InChI=1S/C13H9ClN2O/c14-10-2-1-3-11(7-10)16-12-4-5-13(17)9(6-12)8-15/h1-7,16-17H. The third kappa shape index (κ3) is 2.68. The molecule has 0 aromatic heterocycles. The number of hydrogen-bond donors (Lipinski definition) is 2. The highest BCUT2D eigenvalue weighted by Crippen LogP contribution is 2.24. The van der Waals surface area contributed by atoms with E-state index in [1.807, 2.05) is 18.2 Å². The molecule has 0 radical (unpaired) electrons. The van der Waals surface area contributed by atoms with Crippen LogP contribution >= 0.6 is 11.6 Å². The van der Waals surface area contributed by atoms with Crippen LogP contribution in [-0.4, -0.2) is 5.11 Å². The molecule has 0 bridgehead atoms. The summed E-state index contributed by atoms with van der Waals surface area (Å²) in [6.07, 6.45) is 0. The SMILES string of the molecule is N#Cc1cc(Nc2cccc(Cl)c2)ccc1O. The number of nitrogens with one attached hydrogen (secondary N) is 1. The van der Waals surface area contributed by atoms with Crippen LogP contribution in [-0.2, 0) is 0 Å². The number of anilines is 2. The van der Waals surface area contributed by atoms with Gasteiger partial charge in [0, 0.05) is 16.4 Å². The van der Waals surface area contributed by atoms with E-state index in [0.717, 1.165) is 11.4 Å². The van der Waals surface area contributed by atoms with Crippen molar-refractivity contribution >= 4 is 23.0 Å². The highest BCUT2D eigenvalue weighted by molar-refractivity contribution is 6.30. The Kier molecular flexibility index (Phi) is 3.17. The Labute approximate surface area is 104 Å². The van der Waals surface area contributed by atoms with Crippen molar-refractivity contribution in [1.82, 2.24) is 0 Å². The highest BCUT2D eigenvalue weighted by Gasteiger charge is 2.02. The number of halogens is 1. The van der Waals surface area contributed by atoms with Gasteiger partial charge in [-0.1, -0.05) is 17.7 Å². The predicted octanol–water partition coefficient (Wildman–Crippen LogP) is 3.66. The maximum Gasteiger partial charge on any atom is 0.133 e. The Morgan fingerprint density at radius 3 is 2.59 bits per heavy atom. The lowest BCUT2D eigenvalue weighted by Gasteiger charge is -2.07. The van der Waals surface area contributed by atoms with E-state index < -0.39 is 0 Å². The first-order valence-electron chi connectivity index (χ1n) is 4.95. The number of hydrogen-bond acceptors (Lipinski definition) is 3. The molecule has 84 valence electrons. The van der Waals surface area contributed by atoms with E-state index >= 15 is 0 Å². The number of nitrogens with zero attached hydrogens (tertiary/aromatic N) is 1. The molecule has 0 atom stereocenters. The van der Waals surface area contributed by atoms with E-state index in [4.69, 9.17) is 16.9 Å². The Balaban J connectivity index is 2.28. The molecule has 0 aliphatic heterocycles. The Hall–Kier alpha value is -2.18. The van der Waals surface area contributed by atoms with Gasteiger partial charge in [0.1, 0.15) is 11.8 Å². The molecule has 0 spiro atoms. The lowest BCUT2D eigenvalue weighted by Crippen LogP contribution is -1.90. The summed E-state index contributed by atoms with van der Waals surface area (Å²) in [4.78, 5) is 0. The summed E-state index contributed by atoms with van der Waals surface area (Å²) in [6, 6.07) is 13.9. The molecule has 0 heterocycles. The summed E-state index contributed by atoms with van der Waals surface area (Å²) in [5.41, 5.74) is 1.78. The number of rotatable bonds is 2. The van der Waals surface area contributed by atoms with E-state index in [1.165, 1.54) is 6.07 Å². The highest BCUT2D eigenvalue weighted by atomic mass is 35.5. The molecule has 2 aromatic carbocycles. The Morgan fingerprint density at radius 1 is 1.12 bits per heavy atom. The molecule has 3 nitrogen and oxygen atoms in total. The first-order chi connectivity index (χ1) is 8.19. The molecule has 0 saturated heterocycles. The van der Waals surface area contributed by atoms with Gasteiger partial charge in [0.2, 0.25) is 0 Å². The number of aromatic hydroxyl groups is 1. The minimum atomic E-state index is -0.0239. The van der Waals surface area contributed by atoms with Crippen LogP contribution in [0.5, 0.6) is 5.75 Å². The zero-order valence-corrected chi connectivity index (χ0v) is 9.57. The van der Waals surface area contributed by atoms with Gasteiger partial charge in [0.15, 0.2) is 0 Å². The third-order valence-corrected chi connectivity index (χ3v) is 2.47. The minimum Gasteiger partial charge on any atom is -0.507 e. The van der Waals surface area contributed by atoms with E-state index in [0.29, 0.717) is 5.02 Å². The first kappa shape index (κ1) is 11.3. The normalized spacial score (nSPS) is 9.65. The van der Waals surface area contributed by atoms with Crippen LogP contribution in [0.4, 0.5) is 11.4 Å². The van der Waals surface area contributed by atoms with Crippen molar-refractivity contribution in [3.05, 3.63) is 53.1 Å². The molecule has 2 N–H and O–H groups in total. The maximum atomic E-state index is 9.37. The second-order valence-electron chi connectivity index (χ2n) is 3.48. The molecule has 2 rings (SSSR count). The lowest BCUT2D eigenvalue weighted by molar-refractivity contribution is 0.473. The molecule has 4 heteroatoms. The number of phenols is 1. The molecule has 0 fully saturated rings. The summed E-state index contributed by atoms with van der Waals surface area (Å²) in [6.45, 7) is 0. The quantitative estimate of drug-likeness (QED) is 0.793. The van der Waals surface area contributed by atoms with Gasteiger partial charge in [-0.25, -0.2) is 0 Å². The lowest BCUT2D eigenvalue weighted by atomic mass is 10.2. The van der Waals surface area contributed by atoms with Crippen molar-refractivity contribution < 1.29 is 5.11 Å². The average molecular weight is 245 g/mol. The second-order valence-corrected chi connectivity index (χ2v) is 3.92. The summed E-state index contributed by atoms with van der Waals surface area (Å²) in [7, 11) is 0. The van der Waals surface area contributed by atoms with Crippen LogP contribution in [0.3, 0.4) is 0 Å². The zero-order valence-electron chi connectivity index (χ0n) is 8.81. The van der Waals surface area contributed by atoms with Gasteiger partial charge in [0.25, 0.3) is 0 Å². The van der Waals surface area contributed by atoms with Gasteiger partial charge in [-0.15, -0.1) is 0 Å². The van der Waals surface area contributed by atoms with Crippen LogP contribution in [0.15, 0.2) is 42.5 Å². The van der Waals surface area contributed by atoms with Gasteiger partial charge in [-0.3, -0.25) is 0 Å². The molecule has 0 aliphatic rings.